The van der Waals surface area contributed by atoms with Crippen molar-refractivity contribution in [3.8, 4) is 0 Å². The van der Waals surface area contributed by atoms with Crippen LogP contribution in [0.3, 0.4) is 0 Å². The third-order valence-corrected chi connectivity index (χ3v) is 9.01. The molecule has 4 heteroatoms. The molecule has 1 rings (SSSR count). The first-order valence-corrected chi connectivity index (χ1v) is 16.7. The van der Waals surface area contributed by atoms with Crippen molar-refractivity contribution in [1.82, 2.24) is 0 Å². The zero-order valence-electron chi connectivity index (χ0n) is 23.8. The summed E-state index contributed by atoms with van der Waals surface area (Å²) in [7, 11) is -4.07. The highest BCUT2D eigenvalue weighted by atomic mass is 31.2. The van der Waals surface area contributed by atoms with Crippen molar-refractivity contribution in [2.24, 2.45) is 11.8 Å². The Kier molecular flexibility index (Phi) is 17.4. The molecule has 1 aromatic rings. The van der Waals surface area contributed by atoms with Gasteiger partial charge in [-0.2, -0.15) is 14.7 Å². The van der Waals surface area contributed by atoms with Gasteiger partial charge in [0.2, 0.25) is 0 Å². The van der Waals surface area contributed by atoms with Crippen LogP contribution in [-0.2, 0) is 19.3 Å². The van der Waals surface area contributed by atoms with E-state index in [-0.39, 0.29) is 0 Å². The smallest absolute Gasteiger partial charge is 0.189 e. The molecule has 2 unspecified atom stereocenters. The Balaban J connectivity index is 3.27. The molecule has 0 aliphatic heterocycles. The summed E-state index contributed by atoms with van der Waals surface area (Å²) in [6.45, 7) is 11.3. The molecule has 0 aliphatic carbocycles. The second kappa shape index (κ2) is 18.7. The summed E-state index contributed by atoms with van der Waals surface area (Å²) in [5.74, 6) is 1.12. The second-order valence-corrected chi connectivity index (χ2v) is 12.5. The highest BCUT2D eigenvalue weighted by Gasteiger charge is 2.39. The molecular formula is C31H58O3P+. The number of rotatable bonds is 21. The molecule has 0 spiro atoms. The van der Waals surface area contributed by atoms with Gasteiger partial charge in [-0.3, -0.25) is 0 Å². The number of aryl methyl sites for hydroxylation is 1. The Bertz CT molecular complexity index is 668. The summed E-state index contributed by atoms with van der Waals surface area (Å²) in [4.78, 5) is 31.3. The lowest BCUT2D eigenvalue weighted by atomic mass is 9.82. The third-order valence-electron chi connectivity index (χ3n) is 7.95. The Morgan fingerprint density at radius 3 is 1.57 bits per heavy atom. The Labute approximate surface area is 218 Å². The number of benzene rings is 1. The van der Waals surface area contributed by atoms with Crippen LogP contribution < -0.4 is 5.30 Å². The van der Waals surface area contributed by atoms with Crippen LogP contribution in [0.1, 0.15) is 148 Å². The molecule has 0 bridgehead atoms. The van der Waals surface area contributed by atoms with Crippen LogP contribution in [-0.4, -0.2) is 14.7 Å². The predicted octanol–water partition coefficient (Wildman–Crippen LogP) is 8.86. The van der Waals surface area contributed by atoms with Crippen molar-refractivity contribution >= 4 is 13.2 Å². The molecule has 0 aromatic heterocycles. The molecule has 0 saturated carbocycles. The van der Waals surface area contributed by atoms with Gasteiger partial charge in [-0.05, 0) is 54.7 Å². The molecule has 35 heavy (non-hydrogen) atoms. The van der Waals surface area contributed by atoms with Gasteiger partial charge in [0.1, 0.15) is 0 Å². The molecule has 0 saturated heterocycles. The van der Waals surface area contributed by atoms with Crippen LogP contribution in [0.15, 0.2) is 12.1 Å². The van der Waals surface area contributed by atoms with Gasteiger partial charge in [-0.1, -0.05) is 131 Å². The third kappa shape index (κ3) is 12.6. The first-order chi connectivity index (χ1) is 16.8. The maximum atomic E-state index is 10.4. The van der Waals surface area contributed by atoms with Gasteiger partial charge in [-0.25, -0.2) is 0 Å². The molecular weight excluding hydrogens is 451 g/mol. The Morgan fingerprint density at radius 2 is 1.09 bits per heavy atom. The molecule has 1 aromatic carbocycles. The van der Waals surface area contributed by atoms with Gasteiger partial charge in [0.15, 0.2) is 5.30 Å². The summed E-state index contributed by atoms with van der Waals surface area (Å²) in [6, 6.07) is 3.94. The second-order valence-electron chi connectivity index (χ2n) is 10.9. The molecule has 204 valence electrons. The SMILES string of the molecule is CCCCCCCCCc1ccc([P+](O)(O)O)c(CC(CC)CCCC)c1CC(CC)CCCC. The maximum absolute atomic E-state index is 10.4. The largest absolute Gasteiger partial charge is 0.441 e. The van der Waals surface area contributed by atoms with E-state index in [0.717, 1.165) is 44.1 Å². The summed E-state index contributed by atoms with van der Waals surface area (Å²) < 4.78 is 0. The van der Waals surface area contributed by atoms with Crippen molar-refractivity contribution in [1.29, 1.82) is 0 Å². The van der Waals surface area contributed by atoms with Crippen LogP contribution in [0.5, 0.6) is 0 Å². The van der Waals surface area contributed by atoms with Crippen molar-refractivity contribution < 1.29 is 14.7 Å². The minimum absolute atomic E-state index is 0.413. The highest BCUT2D eigenvalue weighted by Crippen LogP contribution is 2.46. The van der Waals surface area contributed by atoms with Gasteiger partial charge < -0.3 is 0 Å². The van der Waals surface area contributed by atoms with E-state index in [1.807, 2.05) is 6.07 Å². The fraction of sp³-hybridized carbons (Fsp3) is 0.806. The van der Waals surface area contributed by atoms with Crippen LogP contribution in [0.2, 0.25) is 0 Å². The number of hydrogen-bond acceptors (Lipinski definition) is 3. The first-order valence-electron chi connectivity index (χ1n) is 15.0. The summed E-state index contributed by atoms with van der Waals surface area (Å²) in [5.41, 5.74) is 3.77. The van der Waals surface area contributed by atoms with Crippen LogP contribution in [0, 0.1) is 11.8 Å². The molecule has 2 atom stereocenters. The summed E-state index contributed by atoms with van der Waals surface area (Å²) in [5, 5.41) is 0.413. The average Bonchev–Trinajstić information content (AvgIpc) is 2.83. The van der Waals surface area contributed by atoms with E-state index in [1.165, 1.54) is 88.2 Å². The summed E-state index contributed by atoms with van der Waals surface area (Å²) in [6.07, 6.45) is 21.4. The van der Waals surface area contributed by atoms with Crippen molar-refractivity contribution in [2.45, 2.75) is 150 Å². The quantitative estimate of drug-likeness (QED) is 0.115. The topological polar surface area (TPSA) is 60.7 Å². The minimum atomic E-state index is -4.07. The van der Waals surface area contributed by atoms with E-state index < -0.39 is 7.94 Å². The monoisotopic (exact) mass is 509 g/mol. The molecule has 0 amide bonds. The first kappa shape index (κ1) is 32.6. The Morgan fingerprint density at radius 1 is 0.600 bits per heavy atom. The highest BCUT2D eigenvalue weighted by molar-refractivity contribution is 7.66. The van der Waals surface area contributed by atoms with Gasteiger partial charge in [0.05, 0.1) is 0 Å². The number of unbranched alkanes of at least 4 members (excludes halogenated alkanes) is 8. The zero-order chi connectivity index (χ0) is 26.1. The average molecular weight is 510 g/mol. The lowest BCUT2D eigenvalue weighted by Crippen LogP contribution is -2.23. The van der Waals surface area contributed by atoms with Crippen LogP contribution >= 0.6 is 7.94 Å². The van der Waals surface area contributed by atoms with Crippen molar-refractivity contribution in [3.63, 3.8) is 0 Å². The van der Waals surface area contributed by atoms with E-state index in [1.54, 1.807) is 0 Å². The van der Waals surface area contributed by atoms with Gasteiger partial charge in [-0.15, -0.1) is 0 Å². The standard InChI is InChI=1S/C31H58O3P/c1-6-11-14-15-16-17-18-21-28-22-23-31(35(32,33)34)30(25-27(10-5)20-13-8-3)29(28)24-26(9-4)19-12-7-2/h22-23,26-27,32-34H,6-21,24-25H2,1-5H3/q+1. The molecule has 0 radical (unpaired) electrons. The normalized spacial score (nSPS) is 13.8. The summed E-state index contributed by atoms with van der Waals surface area (Å²) >= 11 is 0. The lowest BCUT2D eigenvalue weighted by molar-refractivity contribution is 0.346. The fourth-order valence-corrected chi connectivity index (χ4v) is 6.33. The molecule has 0 heterocycles. The molecule has 0 aliphatic rings. The van der Waals surface area contributed by atoms with Gasteiger partial charge >= 0.3 is 7.94 Å². The predicted molar refractivity (Wildman–Crippen MR) is 155 cm³/mol. The van der Waals surface area contributed by atoms with Gasteiger partial charge in [0.25, 0.3) is 0 Å². The number of hydrogen-bond donors (Lipinski definition) is 3. The Hall–Kier alpha value is -0.470. The van der Waals surface area contributed by atoms with Crippen LogP contribution in [0.25, 0.3) is 0 Å². The fourth-order valence-electron chi connectivity index (χ4n) is 5.46. The van der Waals surface area contributed by atoms with Crippen molar-refractivity contribution in [2.75, 3.05) is 0 Å². The van der Waals surface area contributed by atoms with Crippen LogP contribution in [0.4, 0.5) is 0 Å². The van der Waals surface area contributed by atoms with E-state index in [0.29, 0.717) is 17.1 Å². The molecule has 3 N–H and O–H groups in total. The van der Waals surface area contributed by atoms with Crippen molar-refractivity contribution in [3.05, 3.63) is 28.8 Å². The van der Waals surface area contributed by atoms with E-state index in [4.69, 9.17) is 0 Å². The molecule has 3 nitrogen and oxygen atoms in total. The van der Waals surface area contributed by atoms with E-state index in [9.17, 15) is 14.7 Å². The lowest BCUT2D eigenvalue weighted by Gasteiger charge is -2.25. The molecule has 0 fully saturated rings. The maximum Gasteiger partial charge on any atom is 0.441 e. The van der Waals surface area contributed by atoms with E-state index >= 15 is 0 Å². The van der Waals surface area contributed by atoms with E-state index in [2.05, 4.69) is 40.7 Å². The minimum Gasteiger partial charge on any atom is -0.189 e. The zero-order valence-corrected chi connectivity index (χ0v) is 24.7. The van der Waals surface area contributed by atoms with Gasteiger partial charge in [0, 0.05) is 5.56 Å².